The zero-order chi connectivity index (χ0) is 19.0. The maximum absolute atomic E-state index is 11.5. The number of aromatic nitrogens is 2. The van der Waals surface area contributed by atoms with Gasteiger partial charge in [-0.3, -0.25) is 4.79 Å². The minimum atomic E-state index is -0.423. The van der Waals surface area contributed by atoms with Gasteiger partial charge < -0.3 is 20.1 Å². The molecule has 2 fully saturated rings. The van der Waals surface area contributed by atoms with Crippen molar-refractivity contribution in [2.75, 3.05) is 31.2 Å². The third-order valence-electron chi connectivity index (χ3n) is 5.80. The summed E-state index contributed by atoms with van der Waals surface area (Å²) in [6, 6.07) is 1.74. The Kier molecular flexibility index (Phi) is 5.05. The molecule has 0 bridgehead atoms. The Bertz CT molecular complexity index is 823. The molecule has 0 aromatic carbocycles. The molecule has 0 saturated carbocycles. The number of carbonyl (C=O) groups is 1. The van der Waals surface area contributed by atoms with Crippen LogP contribution in [0.1, 0.15) is 42.8 Å². The second-order valence-corrected chi connectivity index (χ2v) is 8.92. The molecule has 0 aliphatic carbocycles. The fourth-order valence-corrected chi connectivity index (χ4v) is 4.69. The van der Waals surface area contributed by atoms with Gasteiger partial charge in [0.25, 0.3) is 5.91 Å². The third-order valence-corrected chi connectivity index (χ3v) is 6.94. The van der Waals surface area contributed by atoms with Gasteiger partial charge in [0.05, 0.1) is 28.3 Å². The summed E-state index contributed by atoms with van der Waals surface area (Å²) in [6.45, 7) is 7.71. The highest BCUT2D eigenvalue weighted by atomic mass is 32.1. The van der Waals surface area contributed by atoms with Crippen molar-refractivity contribution in [2.45, 2.75) is 39.4 Å². The SMILES string of the molecule is CCC1(C)COC(C2CCN(c3ncnc4cc(C(N)=O)sc34)CC2)OC1. The van der Waals surface area contributed by atoms with Crippen LogP contribution in [0, 0.1) is 11.3 Å². The van der Waals surface area contributed by atoms with Crippen molar-refractivity contribution < 1.29 is 14.3 Å². The molecule has 2 aromatic heterocycles. The zero-order valence-electron chi connectivity index (χ0n) is 15.8. The van der Waals surface area contributed by atoms with Crippen molar-refractivity contribution in [3.05, 3.63) is 17.3 Å². The van der Waals surface area contributed by atoms with Crippen molar-refractivity contribution in [2.24, 2.45) is 17.1 Å². The van der Waals surface area contributed by atoms with Gasteiger partial charge in [-0.15, -0.1) is 11.3 Å². The maximum atomic E-state index is 11.5. The van der Waals surface area contributed by atoms with Crippen molar-refractivity contribution in [1.29, 1.82) is 0 Å². The Morgan fingerprint density at radius 1 is 1.33 bits per heavy atom. The van der Waals surface area contributed by atoms with Gasteiger partial charge in [-0.05, 0) is 25.3 Å². The number of nitrogens with two attached hydrogens (primary N) is 1. The number of carbonyl (C=O) groups excluding carboxylic acids is 1. The van der Waals surface area contributed by atoms with Crippen LogP contribution in [-0.2, 0) is 9.47 Å². The molecule has 146 valence electrons. The number of primary amides is 1. The highest BCUT2D eigenvalue weighted by molar-refractivity contribution is 7.21. The summed E-state index contributed by atoms with van der Waals surface area (Å²) in [4.78, 5) is 23.0. The molecule has 8 heteroatoms. The average Bonchev–Trinajstić information content (AvgIpc) is 3.14. The van der Waals surface area contributed by atoms with E-state index in [1.165, 1.54) is 11.3 Å². The molecule has 0 unspecified atom stereocenters. The average molecular weight is 391 g/mol. The van der Waals surface area contributed by atoms with Crippen molar-refractivity contribution in [3.63, 3.8) is 0 Å². The molecule has 0 spiro atoms. The van der Waals surface area contributed by atoms with E-state index in [1.807, 2.05) is 0 Å². The maximum Gasteiger partial charge on any atom is 0.258 e. The van der Waals surface area contributed by atoms with Crippen LogP contribution in [-0.4, -0.2) is 48.5 Å². The first kappa shape index (κ1) is 18.6. The summed E-state index contributed by atoms with van der Waals surface area (Å²) in [7, 11) is 0. The van der Waals surface area contributed by atoms with E-state index in [9.17, 15) is 4.79 Å². The first-order valence-electron chi connectivity index (χ1n) is 9.51. The van der Waals surface area contributed by atoms with Crippen molar-refractivity contribution in [3.8, 4) is 0 Å². The third kappa shape index (κ3) is 3.66. The Labute approximate surface area is 162 Å². The second-order valence-electron chi connectivity index (χ2n) is 7.87. The van der Waals surface area contributed by atoms with Gasteiger partial charge >= 0.3 is 0 Å². The number of amides is 1. The van der Waals surface area contributed by atoms with Gasteiger partial charge in [0.1, 0.15) is 12.1 Å². The molecule has 2 aliphatic heterocycles. The summed E-state index contributed by atoms with van der Waals surface area (Å²) in [5.41, 5.74) is 6.33. The molecule has 4 heterocycles. The fraction of sp³-hybridized carbons (Fsp3) is 0.632. The van der Waals surface area contributed by atoms with E-state index < -0.39 is 5.91 Å². The molecule has 2 saturated heterocycles. The van der Waals surface area contributed by atoms with Gasteiger partial charge in [0, 0.05) is 24.4 Å². The first-order valence-corrected chi connectivity index (χ1v) is 10.3. The number of fused-ring (bicyclic) bond motifs is 1. The van der Waals surface area contributed by atoms with Gasteiger partial charge in [0.15, 0.2) is 6.29 Å². The van der Waals surface area contributed by atoms with Gasteiger partial charge in [0.2, 0.25) is 0 Å². The lowest BCUT2D eigenvalue weighted by Gasteiger charge is -2.42. The quantitative estimate of drug-likeness (QED) is 0.863. The highest BCUT2D eigenvalue weighted by Crippen LogP contribution is 2.36. The van der Waals surface area contributed by atoms with Crippen LogP contribution in [0.4, 0.5) is 5.82 Å². The Morgan fingerprint density at radius 2 is 2.04 bits per heavy atom. The number of anilines is 1. The van der Waals surface area contributed by atoms with E-state index in [-0.39, 0.29) is 11.7 Å². The van der Waals surface area contributed by atoms with Gasteiger partial charge in [-0.1, -0.05) is 13.8 Å². The summed E-state index contributed by atoms with van der Waals surface area (Å²) in [5, 5.41) is 0. The molecule has 2 aliphatic rings. The monoisotopic (exact) mass is 390 g/mol. The lowest BCUT2D eigenvalue weighted by atomic mass is 9.88. The number of ether oxygens (including phenoxy) is 2. The predicted octanol–water partition coefficient (Wildman–Crippen LogP) is 2.80. The topological polar surface area (TPSA) is 90.6 Å². The van der Waals surface area contributed by atoms with Crippen LogP contribution in [0.25, 0.3) is 10.2 Å². The van der Waals surface area contributed by atoms with Crippen LogP contribution in [0.5, 0.6) is 0 Å². The van der Waals surface area contributed by atoms with Crippen LogP contribution < -0.4 is 10.6 Å². The number of hydrogen-bond donors (Lipinski definition) is 1. The standard InChI is InChI=1S/C19H26N4O3S/c1-3-19(2)9-25-18(26-10-19)12-4-6-23(7-5-12)17-15-13(21-11-22-17)8-14(27-15)16(20)24/h8,11-12,18H,3-7,9-10H2,1-2H3,(H2,20,24). The minimum Gasteiger partial charge on any atom is -0.365 e. The van der Waals surface area contributed by atoms with E-state index in [0.717, 1.165) is 61.6 Å². The van der Waals surface area contributed by atoms with Crippen LogP contribution in [0.15, 0.2) is 12.4 Å². The fourth-order valence-electron chi connectivity index (χ4n) is 3.70. The summed E-state index contributed by atoms with van der Waals surface area (Å²) in [5.74, 6) is 0.873. The van der Waals surface area contributed by atoms with Gasteiger partial charge in [-0.25, -0.2) is 9.97 Å². The number of rotatable bonds is 4. The number of piperidine rings is 1. The van der Waals surface area contributed by atoms with E-state index >= 15 is 0 Å². The molecule has 7 nitrogen and oxygen atoms in total. The van der Waals surface area contributed by atoms with E-state index in [2.05, 4.69) is 28.7 Å². The molecule has 2 aromatic rings. The van der Waals surface area contributed by atoms with Crippen LogP contribution >= 0.6 is 11.3 Å². The zero-order valence-corrected chi connectivity index (χ0v) is 16.6. The highest BCUT2D eigenvalue weighted by Gasteiger charge is 2.36. The molecule has 4 rings (SSSR count). The Hall–Kier alpha value is -1.77. The molecule has 27 heavy (non-hydrogen) atoms. The molecular weight excluding hydrogens is 364 g/mol. The lowest BCUT2D eigenvalue weighted by molar-refractivity contribution is -0.249. The molecule has 0 atom stereocenters. The second kappa shape index (κ2) is 7.33. The lowest BCUT2D eigenvalue weighted by Crippen LogP contribution is -2.46. The first-order chi connectivity index (χ1) is 13.0. The molecular formula is C19H26N4O3S. The van der Waals surface area contributed by atoms with Gasteiger partial charge in [-0.2, -0.15) is 0 Å². The number of nitrogens with zero attached hydrogens (tertiary/aromatic N) is 3. The number of hydrogen-bond acceptors (Lipinski definition) is 7. The Morgan fingerprint density at radius 3 is 2.67 bits per heavy atom. The van der Waals surface area contributed by atoms with Crippen LogP contribution in [0.3, 0.4) is 0 Å². The molecule has 1 amide bonds. The summed E-state index contributed by atoms with van der Waals surface area (Å²) < 4.78 is 13.0. The van der Waals surface area contributed by atoms with E-state index in [0.29, 0.717) is 10.8 Å². The minimum absolute atomic E-state index is 0.0969. The summed E-state index contributed by atoms with van der Waals surface area (Å²) in [6.07, 6.45) is 4.51. The van der Waals surface area contributed by atoms with E-state index in [4.69, 9.17) is 15.2 Å². The smallest absolute Gasteiger partial charge is 0.258 e. The molecule has 2 N–H and O–H groups in total. The number of thiophene rings is 1. The van der Waals surface area contributed by atoms with Crippen molar-refractivity contribution in [1.82, 2.24) is 9.97 Å². The predicted molar refractivity (Wildman–Crippen MR) is 105 cm³/mol. The largest absolute Gasteiger partial charge is 0.365 e. The Balaban J connectivity index is 1.43. The normalized spacial score (nSPS) is 27.2. The summed E-state index contributed by atoms with van der Waals surface area (Å²) >= 11 is 1.37. The van der Waals surface area contributed by atoms with Crippen molar-refractivity contribution >= 4 is 33.3 Å². The molecule has 0 radical (unpaired) electrons. The van der Waals surface area contributed by atoms with Crippen LogP contribution in [0.2, 0.25) is 0 Å². The van der Waals surface area contributed by atoms with E-state index in [1.54, 1.807) is 12.4 Å².